The molecule has 0 aliphatic carbocycles. The molecule has 107 heavy (non-hydrogen) atoms. The van der Waals surface area contributed by atoms with E-state index in [-0.39, 0.29) is 27.0 Å². The van der Waals surface area contributed by atoms with E-state index in [1.807, 2.05) is 32.9 Å². The van der Waals surface area contributed by atoms with Gasteiger partial charge < -0.3 is 59.7 Å². The van der Waals surface area contributed by atoms with Gasteiger partial charge in [-0.25, -0.2) is 56.9 Å². The number of aryl methyl sites for hydroxylation is 2. The molecule has 564 valence electrons. The van der Waals surface area contributed by atoms with Crippen molar-refractivity contribution in [2.75, 3.05) is 100 Å². The van der Waals surface area contributed by atoms with Crippen LogP contribution in [0.25, 0.3) is 0 Å². The fourth-order valence-electron chi connectivity index (χ4n) is 12.2. The third kappa shape index (κ3) is 20.9. The Kier molecular flexibility index (Phi) is 27.8. The number of carbonyl (C=O) groups is 6. The number of esters is 3. The average molecular weight is 1570 g/mol. The summed E-state index contributed by atoms with van der Waals surface area (Å²) < 4.78 is 73.9. The van der Waals surface area contributed by atoms with Gasteiger partial charge in [0.1, 0.15) is 35.6 Å². The summed E-state index contributed by atoms with van der Waals surface area (Å²) in [5.74, 6) is -4.86. The number of benzene rings is 3. The second kappa shape index (κ2) is 37.2. The number of nitrogens with one attached hydrogen (secondary N) is 3. The maximum absolute atomic E-state index is 13.9. The first-order valence-electron chi connectivity index (χ1n) is 33.0. The van der Waals surface area contributed by atoms with Crippen molar-refractivity contribution >= 4 is 111 Å². The van der Waals surface area contributed by atoms with Crippen LogP contribution in [0.4, 0.5) is 13.2 Å². The third-order valence-corrected chi connectivity index (χ3v) is 20.3. The second-order valence-electron chi connectivity index (χ2n) is 24.5. The lowest BCUT2D eigenvalue weighted by Crippen LogP contribution is -2.46. The first-order valence-corrected chi connectivity index (χ1v) is 36.4. The first kappa shape index (κ1) is 79.9. The van der Waals surface area contributed by atoms with Gasteiger partial charge in [0.05, 0.1) is 76.2 Å². The molecule has 9 heterocycles. The SMILES string of the molecule is COC(=O)C1=C(CN2CCOC(/C(C)=C/C(=O)O)C2)NC(c2nccs2)=NC1c1ccc(F)cc1Cl.COC(=O)C1=C(CN2CCOC(/C=C/C(=O)O)C2)NC(c2nc(C)cs2)=NC1c1ccc(F)cc1Cl.COC(=O)C1=C(CN2CCOC(/C=C/C(=O)O)C2)NC(c2nccs2)=NC1c1ccc(F)cc1C. The minimum atomic E-state index is -1.06. The Bertz CT molecular complexity index is 4610. The van der Waals surface area contributed by atoms with E-state index < -0.39 is 83.9 Å². The molecule has 6 aromatic rings. The second-order valence-corrected chi connectivity index (χ2v) is 27.9. The monoisotopic (exact) mass is 1570 g/mol. The largest absolute Gasteiger partial charge is 0.478 e. The van der Waals surface area contributed by atoms with Crippen LogP contribution in [0.3, 0.4) is 0 Å². The smallest absolute Gasteiger partial charge is 0.338 e. The summed E-state index contributed by atoms with van der Waals surface area (Å²) in [7, 11) is 3.87. The van der Waals surface area contributed by atoms with E-state index in [0.717, 1.165) is 23.9 Å². The van der Waals surface area contributed by atoms with Crippen LogP contribution < -0.4 is 16.0 Å². The highest BCUT2D eigenvalue weighted by atomic mass is 35.5. The third-order valence-electron chi connectivity index (χ3n) is 17.1. The van der Waals surface area contributed by atoms with E-state index in [9.17, 15) is 41.9 Å². The van der Waals surface area contributed by atoms with E-state index in [4.69, 9.17) is 81.9 Å². The quantitative estimate of drug-likeness (QED) is 0.0223. The first-order chi connectivity index (χ1) is 51.4. The van der Waals surface area contributed by atoms with Gasteiger partial charge in [-0.1, -0.05) is 41.4 Å². The number of aliphatic imine (C=N–C) groups is 3. The van der Waals surface area contributed by atoms with Gasteiger partial charge in [0.25, 0.3) is 0 Å². The Hall–Kier alpha value is -9.65. The summed E-state index contributed by atoms with van der Waals surface area (Å²) in [4.78, 5) is 106. The molecule has 3 aromatic carbocycles. The number of hydrogen-bond donors (Lipinski definition) is 6. The summed E-state index contributed by atoms with van der Waals surface area (Å²) >= 11 is 17.0. The van der Waals surface area contributed by atoms with Crippen molar-refractivity contribution in [3.05, 3.63) is 223 Å². The van der Waals surface area contributed by atoms with Gasteiger partial charge in [-0.05, 0) is 86.0 Å². The Morgan fingerprint density at radius 1 is 0.561 bits per heavy atom. The van der Waals surface area contributed by atoms with E-state index >= 15 is 0 Å². The molecule has 6 N–H and O–H groups in total. The summed E-state index contributed by atoms with van der Waals surface area (Å²) in [6, 6.07) is 9.84. The van der Waals surface area contributed by atoms with Crippen molar-refractivity contribution in [2.45, 2.75) is 57.2 Å². The van der Waals surface area contributed by atoms with Gasteiger partial charge in [-0.15, -0.1) is 34.0 Å². The van der Waals surface area contributed by atoms with Crippen molar-refractivity contribution in [3.63, 3.8) is 0 Å². The predicted molar refractivity (Wildman–Crippen MR) is 393 cm³/mol. The summed E-state index contributed by atoms with van der Waals surface area (Å²) in [5, 5.41) is 44.4. The average Bonchev–Trinajstić information content (AvgIpc) is 1.63. The maximum Gasteiger partial charge on any atom is 0.338 e. The molecule has 27 nitrogen and oxygen atoms in total. The Balaban J connectivity index is 0.000000172. The predicted octanol–water partition coefficient (Wildman–Crippen LogP) is 8.74. The van der Waals surface area contributed by atoms with E-state index in [0.29, 0.717) is 162 Å². The van der Waals surface area contributed by atoms with E-state index in [2.05, 4.69) is 35.8 Å². The molecule has 3 fully saturated rings. The van der Waals surface area contributed by atoms with Crippen LogP contribution in [0, 0.1) is 31.3 Å². The molecule has 0 radical (unpaired) electrons. The molecule has 6 atom stereocenters. The molecule has 35 heteroatoms. The van der Waals surface area contributed by atoms with Crippen LogP contribution in [0.1, 0.15) is 68.0 Å². The number of carboxylic acid groups (broad SMARTS) is 3. The molecular weight excluding hydrogens is 1500 g/mol. The molecule has 0 spiro atoms. The number of thiazole rings is 3. The number of carboxylic acids is 3. The standard InChI is InChI=1S/2C24H24ClFN4O5S.C24H25FN4O5S/c1-13-12-36-23(27-13)22-28-18(11-30-7-8-35-15(10-30)4-6-19(31)32)20(24(33)34-2)21(29-22)16-5-3-14(26)9-17(16)25;1-13(9-19(31)32)18-12-30(6-7-35-18)11-17-20(24(33)34-2)21(15-4-3-14(26)10-16(15)25)29-22(28-17)23-27-5-8-36-23;1-14-11-15(25)3-5-17(14)21-20(24(32)33-2)18(27-22(28-21)23-26-7-10-35-23)13-29-8-9-34-16(12-29)4-6-19(30)31/h3-6,9,12,15,21H,7-8,10-11H2,1-2H3,(H,28,29)(H,31,32);3-5,8-10,18,21H,6-7,11-12H2,1-2H3,(H,28,29)(H,31,32);3-7,10-11,16,21H,8-9,12-13H2,1-2H3,(H,27,28)(H,30,31)/b6-4+;13-9+;6-4+. The fourth-order valence-corrected chi connectivity index (χ4v) is 14.7. The summed E-state index contributed by atoms with van der Waals surface area (Å²) in [5.41, 5.74) is 6.13. The van der Waals surface area contributed by atoms with Gasteiger partial charge in [-0.3, -0.25) is 29.7 Å². The zero-order valence-corrected chi connectivity index (χ0v) is 62.3. The van der Waals surface area contributed by atoms with Gasteiger partial charge in [0, 0.05) is 150 Å². The summed E-state index contributed by atoms with van der Waals surface area (Å²) in [6.07, 6.45) is 8.33. The van der Waals surface area contributed by atoms with Crippen LogP contribution in [-0.2, 0) is 57.2 Å². The number of amidine groups is 3. The molecule has 0 amide bonds. The number of methoxy groups -OCH3 is 3. The van der Waals surface area contributed by atoms with Crippen LogP contribution in [0.15, 0.2) is 168 Å². The number of rotatable bonds is 21. The van der Waals surface area contributed by atoms with Crippen molar-refractivity contribution in [2.24, 2.45) is 15.0 Å². The topological polar surface area (TPSA) is 340 Å². The minimum absolute atomic E-state index is 0.130. The Labute approximate surface area is 633 Å². The zero-order chi connectivity index (χ0) is 76.6. The molecule has 0 saturated carbocycles. The molecule has 6 aliphatic heterocycles. The number of morpholine rings is 3. The fraction of sp³-hybridized carbons (Fsp3) is 0.333. The van der Waals surface area contributed by atoms with Gasteiger partial charge in [0.15, 0.2) is 32.5 Å². The van der Waals surface area contributed by atoms with Gasteiger partial charge in [0.2, 0.25) is 0 Å². The number of aliphatic carboxylic acids is 3. The molecule has 0 bridgehead atoms. The van der Waals surface area contributed by atoms with E-state index in [1.165, 1.54) is 116 Å². The summed E-state index contributed by atoms with van der Waals surface area (Å²) in [6.45, 7) is 10.4. The van der Waals surface area contributed by atoms with Crippen molar-refractivity contribution < 1.29 is 85.7 Å². The van der Waals surface area contributed by atoms with Crippen molar-refractivity contribution in [3.8, 4) is 0 Å². The number of ether oxygens (including phenoxy) is 6. The normalized spacial score (nSPS) is 21.0. The lowest BCUT2D eigenvalue weighted by Gasteiger charge is -2.35. The maximum atomic E-state index is 13.9. The highest BCUT2D eigenvalue weighted by Gasteiger charge is 2.39. The molecular formula is C72H73Cl2F3N12O15S3. The molecule has 3 aromatic heterocycles. The van der Waals surface area contributed by atoms with Crippen LogP contribution >= 0.6 is 57.2 Å². The highest BCUT2D eigenvalue weighted by molar-refractivity contribution is 7.12. The zero-order valence-electron chi connectivity index (χ0n) is 58.3. The Morgan fingerprint density at radius 3 is 1.34 bits per heavy atom. The minimum Gasteiger partial charge on any atom is -0.478 e. The van der Waals surface area contributed by atoms with Crippen molar-refractivity contribution in [1.82, 2.24) is 45.6 Å². The van der Waals surface area contributed by atoms with E-state index in [1.54, 1.807) is 32.3 Å². The lowest BCUT2D eigenvalue weighted by atomic mass is 9.92. The molecule has 3 saturated heterocycles. The van der Waals surface area contributed by atoms with Crippen LogP contribution in [0.2, 0.25) is 10.0 Å². The van der Waals surface area contributed by atoms with Crippen LogP contribution in [0.5, 0.6) is 0 Å². The van der Waals surface area contributed by atoms with Crippen LogP contribution in [-0.4, -0.2) is 217 Å². The lowest BCUT2D eigenvalue weighted by molar-refractivity contribution is -0.137. The molecule has 6 aliphatic rings. The highest BCUT2D eigenvalue weighted by Crippen LogP contribution is 2.40. The van der Waals surface area contributed by atoms with Gasteiger partial charge >= 0.3 is 35.8 Å². The van der Waals surface area contributed by atoms with Crippen molar-refractivity contribution in [1.29, 1.82) is 0 Å². The number of nitrogens with zero attached hydrogens (tertiary/aromatic N) is 9. The molecule has 12 rings (SSSR count). The number of hydrogen-bond acceptors (Lipinski definition) is 27. The van der Waals surface area contributed by atoms with Gasteiger partial charge in [-0.2, -0.15) is 0 Å². The number of carbonyl (C=O) groups excluding carboxylic acids is 3. The Morgan fingerprint density at radius 2 is 0.963 bits per heavy atom. The number of halogens is 5. The molecule has 6 unspecified atom stereocenters. The number of aromatic nitrogens is 3.